The molecule has 2 aliphatic rings. The lowest BCUT2D eigenvalue weighted by Gasteiger charge is -2.35. The number of hydrogen-bond donors (Lipinski definition) is 2. The molecular formula is C20H28N2O4. The van der Waals surface area contributed by atoms with E-state index in [0.717, 1.165) is 44.9 Å². The monoisotopic (exact) mass is 360 g/mol. The van der Waals surface area contributed by atoms with E-state index >= 15 is 0 Å². The van der Waals surface area contributed by atoms with Crippen LogP contribution in [0.3, 0.4) is 0 Å². The lowest BCUT2D eigenvalue weighted by molar-refractivity contribution is -0.134. The van der Waals surface area contributed by atoms with Crippen LogP contribution < -0.4 is 20.1 Å². The normalized spacial score (nSPS) is 18.7. The van der Waals surface area contributed by atoms with Crippen LogP contribution in [0.2, 0.25) is 0 Å². The van der Waals surface area contributed by atoms with Crippen molar-refractivity contribution in [1.29, 1.82) is 0 Å². The highest BCUT2D eigenvalue weighted by molar-refractivity contribution is 5.99. The summed E-state index contributed by atoms with van der Waals surface area (Å²) in [5.74, 6) is 1.11. The largest absolute Gasteiger partial charge is 0.497 e. The van der Waals surface area contributed by atoms with Gasteiger partial charge in [-0.25, -0.2) is 0 Å². The predicted octanol–water partition coefficient (Wildman–Crippen LogP) is 3.26. The molecule has 2 saturated carbocycles. The lowest BCUT2D eigenvalue weighted by atomic mass is 9.70. The number of rotatable bonds is 7. The van der Waals surface area contributed by atoms with Gasteiger partial charge in [0.05, 0.1) is 25.3 Å². The van der Waals surface area contributed by atoms with Crippen LogP contribution in [-0.4, -0.2) is 32.1 Å². The minimum absolute atomic E-state index is 0.00811. The molecule has 142 valence electrons. The Hall–Kier alpha value is -2.24. The highest BCUT2D eigenvalue weighted by Crippen LogP contribution is 2.41. The number of methoxy groups -OCH3 is 2. The third-order valence-corrected chi connectivity index (χ3v) is 5.39. The molecule has 0 atom stereocenters. The van der Waals surface area contributed by atoms with E-state index in [1.54, 1.807) is 32.4 Å². The first-order valence-corrected chi connectivity index (χ1v) is 9.39. The zero-order chi connectivity index (χ0) is 18.6. The van der Waals surface area contributed by atoms with Crippen LogP contribution in [0.5, 0.6) is 11.5 Å². The predicted molar refractivity (Wildman–Crippen MR) is 99.5 cm³/mol. The van der Waals surface area contributed by atoms with E-state index in [0.29, 0.717) is 23.2 Å². The number of ether oxygens (including phenoxy) is 2. The summed E-state index contributed by atoms with van der Waals surface area (Å²) in [5, 5.41) is 6.02. The van der Waals surface area contributed by atoms with E-state index in [1.807, 2.05) is 0 Å². The Kier molecular flexibility index (Phi) is 5.69. The summed E-state index contributed by atoms with van der Waals surface area (Å²) in [6.45, 7) is 0. The number of carbonyl (C=O) groups is 2. The van der Waals surface area contributed by atoms with Gasteiger partial charge in [-0.1, -0.05) is 19.3 Å². The molecule has 26 heavy (non-hydrogen) atoms. The van der Waals surface area contributed by atoms with Gasteiger partial charge >= 0.3 is 0 Å². The quantitative estimate of drug-likeness (QED) is 0.782. The number of nitrogens with one attached hydrogen (secondary N) is 2. The van der Waals surface area contributed by atoms with Gasteiger partial charge in [0, 0.05) is 18.5 Å². The maximum Gasteiger partial charge on any atom is 0.231 e. The fourth-order valence-corrected chi connectivity index (χ4v) is 3.68. The highest BCUT2D eigenvalue weighted by atomic mass is 16.5. The summed E-state index contributed by atoms with van der Waals surface area (Å²) in [6.07, 6.45) is 6.92. The molecule has 2 fully saturated rings. The fraction of sp³-hybridized carbons (Fsp3) is 0.600. The number of amides is 2. The summed E-state index contributed by atoms with van der Waals surface area (Å²) < 4.78 is 10.6. The Morgan fingerprint density at radius 2 is 1.85 bits per heavy atom. The van der Waals surface area contributed by atoms with Crippen LogP contribution in [0.1, 0.15) is 51.4 Å². The maximum atomic E-state index is 13.2. The van der Waals surface area contributed by atoms with Gasteiger partial charge in [0.1, 0.15) is 11.5 Å². The molecule has 2 N–H and O–H groups in total. The molecule has 0 aliphatic heterocycles. The molecule has 6 heteroatoms. The van der Waals surface area contributed by atoms with Crippen LogP contribution in [0.4, 0.5) is 5.69 Å². The first kappa shape index (κ1) is 18.5. The van der Waals surface area contributed by atoms with E-state index < -0.39 is 5.41 Å². The second-order valence-electron chi connectivity index (χ2n) is 7.38. The molecule has 3 rings (SSSR count). The Balaban J connectivity index is 1.75. The van der Waals surface area contributed by atoms with Gasteiger partial charge in [-0.15, -0.1) is 0 Å². The molecule has 1 aromatic rings. The van der Waals surface area contributed by atoms with Crippen molar-refractivity contribution in [3.63, 3.8) is 0 Å². The topological polar surface area (TPSA) is 76.7 Å². The smallest absolute Gasteiger partial charge is 0.231 e. The van der Waals surface area contributed by atoms with Crippen LogP contribution in [0.15, 0.2) is 18.2 Å². The van der Waals surface area contributed by atoms with Gasteiger partial charge in [-0.2, -0.15) is 0 Å². The van der Waals surface area contributed by atoms with Crippen LogP contribution >= 0.6 is 0 Å². The molecular weight excluding hydrogens is 332 g/mol. The van der Waals surface area contributed by atoms with Crippen LogP contribution in [0, 0.1) is 5.41 Å². The second-order valence-corrected chi connectivity index (χ2v) is 7.38. The molecule has 0 bridgehead atoms. The molecule has 0 radical (unpaired) electrons. The van der Waals surface area contributed by atoms with Gasteiger partial charge in [0.2, 0.25) is 11.8 Å². The third-order valence-electron chi connectivity index (χ3n) is 5.39. The van der Waals surface area contributed by atoms with E-state index in [1.165, 1.54) is 0 Å². The van der Waals surface area contributed by atoms with Crippen molar-refractivity contribution >= 4 is 17.5 Å². The molecule has 0 aromatic heterocycles. The molecule has 0 saturated heterocycles. The van der Waals surface area contributed by atoms with Crippen molar-refractivity contribution in [1.82, 2.24) is 5.32 Å². The van der Waals surface area contributed by atoms with Crippen molar-refractivity contribution in [2.24, 2.45) is 5.41 Å². The van der Waals surface area contributed by atoms with E-state index in [2.05, 4.69) is 10.6 Å². The van der Waals surface area contributed by atoms with Gasteiger partial charge in [0.15, 0.2) is 0 Å². The fourth-order valence-electron chi connectivity index (χ4n) is 3.68. The average Bonchev–Trinajstić information content (AvgIpc) is 3.46. The maximum absolute atomic E-state index is 13.2. The molecule has 2 amide bonds. The second kappa shape index (κ2) is 7.98. The highest BCUT2D eigenvalue weighted by Gasteiger charge is 2.42. The van der Waals surface area contributed by atoms with Crippen molar-refractivity contribution in [2.75, 3.05) is 19.5 Å². The van der Waals surface area contributed by atoms with Crippen LogP contribution in [0.25, 0.3) is 0 Å². The molecule has 6 nitrogen and oxygen atoms in total. The minimum Gasteiger partial charge on any atom is -0.497 e. The Bertz CT molecular complexity index is 664. The molecule has 2 aliphatic carbocycles. The first-order chi connectivity index (χ1) is 12.6. The molecule has 0 heterocycles. The number of benzene rings is 1. The number of anilines is 1. The van der Waals surface area contributed by atoms with Crippen LogP contribution in [-0.2, 0) is 9.59 Å². The third kappa shape index (κ3) is 4.29. The lowest BCUT2D eigenvalue weighted by Crippen LogP contribution is -2.42. The van der Waals surface area contributed by atoms with Gasteiger partial charge < -0.3 is 20.1 Å². The Morgan fingerprint density at radius 1 is 1.12 bits per heavy atom. The van der Waals surface area contributed by atoms with E-state index in [9.17, 15) is 9.59 Å². The Labute approximate surface area is 154 Å². The van der Waals surface area contributed by atoms with Crippen molar-refractivity contribution in [3.05, 3.63) is 18.2 Å². The van der Waals surface area contributed by atoms with E-state index in [-0.39, 0.29) is 18.2 Å². The summed E-state index contributed by atoms with van der Waals surface area (Å²) >= 11 is 0. The zero-order valence-corrected chi connectivity index (χ0v) is 15.6. The summed E-state index contributed by atoms with van der Waals surface area (Å²) in [7, 11) is 3.15. The average molecular weight is 360 g/mol. The minimum atomic E-state index is -0.637. The summed E-state index contributed by atoms with van der Waals surface area (Å²) in [5.41, 5.74) is -0.0341. The SMILES string of the molecule is COc1ccc(NC(=O)C2(CC(=O)NC3CC3)CCCCC2)c(OC)c1. The molecule has 0 spiro atoms. The van der Waals surface area contributed by atoms with Gasteiger partial charge in [0.25, 0.3) is 0 Å². The standard InChI is InChI=1S/C20H28N2O4/c1-25-15-8-9-16(17(12-15)26-2)22-19(24)20(10-4-3-5-11-20)13-18(23)21-14-6-7-14/h8-9,12,14H,3-7,10-11,13H2,1-2H3,(H,21,23)(H,22,24). The molecule has 0 unspecified atom stereocenters. The van der Waals surface area contributed by atoms with E-state index in [4.69, 9.17) is 9.47 Å². The first-order valence-electron chi connectivity index (χ1n) is 9.39. The van der Waals surface area contributed by atoms with Crippen molar-refractivity contribution in [2.45, 2.75) is 57.4 Å². The van der Waals surface area contributed by atoms with Crippen molar-refractivity contribution < 1.29 is 19.1 Å². The number of hydrogen-bond acceptors (Lipinski definition) is 4. The van der Waals surface area contributed by atoms with Gasteiger partial charge in [-0.3, -0.25) is 9.59 Å². The Morgan fingerprint density at radius 3 is 2.46 bits per heavy atom. The summed E-state index contributed by atoms with van der Waals surface area (Å²) in [6, 6.07) is 5.61. The van der Waals surface area contributed by atoms with Gasteiger partial charge in [-0.05, 0) is 37.8 Å². The zero-order valence-electron chi connectivity index (χ0n) is 15.6. The summed E-state index contributed by atoms with van der Waals surface area (Å²) in [4.78, 5) is 25.6. The number of carbonyl (C=O) groups excluding carboxylic acids is 2. The van der Waals surface area contributed by atoms with Crippen molar-refractivity contribution in [3.8, 4) is 11.5 Å². The molecule has 1 aromatic carbocycles.